The summed E-state index contributed by atoms with van der Waals surface area (Å²) in [6, 6.07) is 3.99. The summed E-state index contributed by atoms with van der Waals surface area (Å²) in [6.45, 7) is 2.41. The highest BCUT2D eigenvalue weighted by atomic mass is 19.4. The number of likely N-dealkylation sites (tertiary alicyclic amines) is 1. The van der Waals surface area contributed by atoms with Crippen molar-refractivity contribution < 1.29 is 22.8 Å². The van der Waals surface area contributed by atoms with E-state index in [1.54, 1.807) is 0 Å². The molecule has 22 heavy (non-hydrogen) atoms. The lowest BCUT2D eigenvalue weighted by molar-refractivity contribution is -0.145. The Morgan fingerprint density at radius 3 is 2.36 bits per heavy atom. The van der Waals surface area contributed by atoms with Crippen molar-refractivity contribution in [2.75, 3.05) is 11.9 Å². The largest absolute Gasteiger partial charge is 0.416 e. The van der Waals surface area contributed by atoms with Crippen molar-refractivity contribution in [3.63, 3.8) is 0 Å². The zero-order valence-electron chi connectivity index (χ0n) is 12.1. The summed E-state index contributed by atoms with van der Waals surface area (Å²) < 4.78 is 37.3. The maximum absolute atomic E-state index is 12.4. The lowest BCUT2D eigenvalue weighted by Crippen LogP contribution is -2.47. The van der Waals surface area contributed by atoms with Crippen molar-refractivity contribution in [3.05, 3.63) is 29.8 Å². The Labute approximate surface area is 126 Å². The van der Waals surface area contributed by atoms with Crippen molar-refractivity contribution >= 4 is 17.5 Å². The molecule has 1 fully saturated rings. The second-order valence-electron chi connectivity index (χ2n) is 5.37. The van der Waals surface area contributed by atoms with Gasteiger partial charge in [0.05, 0.1) is 5.56 Å². The molecule has 1 aliphatic heterocycles. The lowest BCUT2D eigenvalue weighted by atomic mass is 10.0. The van der Waals surface area contributed by atoms with Crippen LogP contribution < -0.4 is 5.32 Å². The van der Waals surface area contributed by atoms with Crippen molar-refractivity contribution in [1.82, 2.24) is 4.90 Å². The van der Waals surface area contributed by atoms with Crippen LogP contribution in [0.3, 0.4) is 0 Å². The number of hydrogen-bond donors (Lipinski definition) is 1. The zero-order valence-corrected chi connectivity index (χ0v) is 12.1. The van der Waals surface area contributed by atoms with Crippen LogP contribution in [0.2, 0.25) is 0 Å². The fourth-order valence-electron chi connectivity index (χ4n) is 2.46. The first kappa shape index (κ1) is 16.3. The van der Waals surface area contributed by atoms with Crippen molar-refractivity contribution in [1.29, 1.82) is 0 Å². The van der Waals surface area contributed by atoms with E-state index >= 15 is 0 Å². The monoisotopic (exact) mass is 314 g/mol. The van der Waals surface area contributed by atoms with Gasteiger partial charge in [0.2, 0.25) is 0 Å². The molecule has 1 saturated heterocycles. The van der Waals surface area contributed by atoms with Gasteiger partial charge in [-0.2, -0.15) is 13.2 Å². The quantitative estimate of drug-likeness (QED) is 0.810. The molecule has 0 bridgehead atoms. The Bertz CT molecular complexity index is 555. The van der Waals surface area contributed by atoms with E-state index in [4.69, 9.17) is 0 Å². The van der Waals surface area contributed by atoms with Crippen LogP contribution in [0.25, 0.3) is 0 Å². The number of hydrogen-bond acceptors (Lipinski definition) is 2. The fraction of sp³-hybridized carbons (Fsp3) is 0.467. The number of alkyl halides is 3. The third-order valence-electron chi connectivity index (χ3n) is 3.73. The van der Waals surface area contributed by atoms with Gasteiger partial charge in [-0.05, 0) is 50.5 Å². The molecule has 1 atom stereocenters. The molecule has 1 aromatic carbocycles. The van der Waals surface area contributed by atoms with E-state index in [0.29, 0.717) is 6.54 Å². The Balaban J connectivity index is 2.00. The normalized spacial score (nSPS) is 18.9. The average Bonchev–Trinajstić information content (AvgIpc) is 2.46. The summed E-state index contributed by atoms with van der Waals surface area (Å²) in [7, 11) is 0. The van der Waals surface area contributed by atoms with Crippen LogP contribution >= 0.6 is 0 Å². The van der Waals surface area contributed by atoms with Crippen LogP contribution in [-0.4, -0.2) is 29.3 Å². The van der Waals surface area contributed by atoms with Gasteiger partial charge in [0.1, 0.15) is 0 Å². The number of anilines is 1. The van der Waals surface area contributed by atoms with Gasteiger partial charge < -0.3 is 10.2 Å². The van der Waals surface area contributed by atoms with Crippen molar-refractivity contribution in [2.45, 2.75) is 38.4 Å². The number of amides is 2. The summed E-state index contributed by atoms with van der Waals surface area (Å²) >= 11 is 0. The van der Waals surface area contributed by atoms with Gasteiger partial charge in [0.25, 0.3) is 0 Å². The summed E-state index contributed by atoms with van der Waals surface area (Å²) in [5.41, 5.74) is -0.641. The second-order valence-corrected chi connectivity index (χ2v) is 5.37. The van der Waals surface area contributed by atoms with E-state index in [0.717, 1.165) is 43.5 Å². The Morgan fingerprint density at radius 1 is 1.18 bits per heavy atom. The molecule has 0 spiro atoms. The zero-order chi connectivity index (χ0) is 16.3. The van der Waals surface area contributed by atoms with Gasteiger partial charge >= 0.3 is 18.0 Å². The van der Waals surface area contributed by atoms with Crippen molar-refractivity contribution in [3.8, 4) is 0 Å². The van der Waals surface area contributed by atoms with Crippen LogP contribution in [-0.2, 0) is 15.8 Å². The van der Waals surface area contributed by atoms with Crippen LogP contribution in [0.1, 0.15) is 31.7 Å². The maximum Gasteiger partial charge on any atom is 0.416 e. The van der Waals surface area contributed by atoms with E-state index in [9.17, 15) is 22.8 Å². The topological polar surface area (TPSA) is 49.4 Å². The molecule has 0 aliphatic carbocycles. The number of carbonyl (C=O) groups is 2. The minimum Gasteiger partial charge on any atom is -0.332 e. The highest BCUT2D eigenvalue weighted by Crippen LogP contribution is 2.29. The number of halogens is 3. The Hall–Kier alpha value is -2.05. The van der Waals surface area contributed by atoms with Gasteiger partial charge in [-0.15, -0.1) is 0 Å². The lowest BCUT2D eigenvalue weighted by Gasteiger charge is -2.32. The first-order chi connectivity index (χ1) is 10.3. The number of benzene rings is 1. The summed E-state index contributed by atoms with van der Waals surface area (Å²) in [5.74, 6) is -1.47. The maximum atomic E-state index is 12.4. The molecule has 120 valence electrons. The molecule has 1 N–H and O–H groups in total. The minimum absolute atomic E-state index is 0.000365. The van der Waals surface area contributed by atoms with E-state index in [2.05, 4.69) is 5.32 Å². The van der Waals surface area contributed by atoms with Gasteiger partial charge in [0, 0.05) is 18.3 Å². The van der Waals surface area contributed by atoms with Gasteiger partial charge in [0.15, 0.2) is 0 Å². The molecule has 1 aromatic rings. The Kier molecular flexibility index (Phi) is 4.73. The van der Waals surface area contributed by atoms with Gasteiger partial charge in [-0.25, -0.2) is 0 Å². The standard InChI is InChI=1S/C15H17F3N2O2/c1-10-4-2-3-9-20(10)14(22)13(21)19-12-7-5-11(6-8-12)15(16,17)18/h5-8,10H,2-4,9H2,1H3,(H,19,21). The highest BCUT2D eigenvalue weighted by Gasteiger charge is 2.31. The number of nitrogens with one attached hydrogen (secondary N) is 1. The van der Waals surface area contributed by atoms with Gasteiger partial charge in [-0.1, -0.05) is 0 Å². The minimum atomic E-state index is -4.43. The molecule has 1 unspecified atom stereocenters. The van der Waals surface area contributed by atoms with Crippen LogP contribution in [0.5, 0.6) is 0 Å². The third kappa shape index (κ3) is 3.78. The third-order valence-corrected chi connectivity index (χ3v) is 3.73. The molecular weight excluding hydrogens is 297 g/mol. The molecule has 1 heterocycles. The predicted octanol–water partition coefficient (Wildman–Crippen LogP) is 3.04. The smallest absolute Gasteiger partial charge is 0.332 e. The molecule has 2 rings (SSSR count). The van der Waals surface area contributed by atoms with Crippen LogP contribution in [0, 0.1) is 0 Å². The fourth-order valence-corrected chi connectivity index (χ4v) is 2.46. The summed E-state index contributed by atoms with van der Waals surface area (Å²) in [4.78, 5) is 25.5. The Morgan fingerprint density at radius 2 is 1.82 bits per heavy atom. The number of piperidine rings is 1. The number of nitrogens with zero attached hydrogens (tertiary/aromatic N) is 1. The molecule has 0 saturated carbocycles. The molecule has 1 aliphatic rings. The summed E-state index contributed by atoms with van der Waals surface area (Å²) in [6.07, 6.45) is -1.71. The first-order valence-corrected chi connectivity index (χ1v) is 7.08. The van der Waals surface area contributed by atoms with Crippen molar-refractivity contribution in [2.24, 2.45) is 0 Å². The van der Waals surface area contributed by atoms with E-state index < -0.39 is 23.6 Å². The van der Waals surface area contributed by atoms with Crippen LogP contribution in [0.4, 0.5) is 18.9 Å². The molecular formula is C15H17F3N2O2. The van der Waals surface area contributed by atoms with Crippen LogP contribution in [0.15, 0.2) is 24.3 Å². The second kappa shape index (κ2) is 6.37. The summed E-state index contributed by atoms with van der Waals surface area (Å²) in [5, 5.41) is 2.34. The van der Waals surface area contributed by atoms with E-state index in [1.165, 1.54) is 4.90 Å². The molecule has 4 nitrogen and oxygen atoms in total. The van der Waals surface area contributed by atoms with Gasteiger partial charge in [-0.3, -0.25) is 9.59 Å². The molecule has 7 heteroatoms. The molecule has 2 amide bonds. The van der Waals surface area contributed by atoms with E-state index in [1.807, 2.05) is 6.92 Å². The first-order valence-electron chi connectivity index (χ1n) is 7.08. The molecule has 0 radical (unpaired) electrons. The predicted molar refractivity (Wildman–Crippen MR) is 75.1 cm³/mol. The SMILES string of the molecule is CC1CCCCN1C(=O)C(=O)Nc1ccc(C(F)(F)F)cc1. The van der Waals surface area contributed by atoms with E-state index in [-0.39, 0.29) is 11.7 Å². The number of carbonyl (C=O) groups excluding carboxylic acids is 2. The average molecular weight is 314 g/mol. The highest BCUT2D eigenvalue weighted by molar-refractivity contribution is 6.39. The number of rotatable bonds is 1. The molecule has 0 aromatic heterocycles.